The molecule has 0 radical (unpaired) electrons. The Hall–Kier alpha value is -3.36. The van der Waals surface area contributed by atoms with E-state index in [1.165, 1.54) is 13.3 Å². The van der Waals surface area contributed by atoms with Crippen molar-refractivity contribution < 1.29 is 23.8 Å². The zero-order valence-electron chi connectivity index (χ0n) is 18.7. The van der Waals surface area contributed by atoms with Gasteiger partial charge in [0.15, 0.2) is 18.1 Å². The van der Waals surface area contributed by atoms with Gasteiger partial charge in [0.2, 0.25) is 0 Å². The summed E-state index contributed by atoms with van der Waals surface area (Å²) in [4.78, 5) is 24.5. The van der Waals surface area contributed by atoms with Crippen LogP contribution >= 0.6 is 27.5 Å². The molecule has 0 bridgehead atoms. The lowest BCUT2D eigenvalue weighted by Gasteiger charge is -2.12. The Morgan fingerprint density at radius 3 is 2.50 bits per heavy atom. The zero-order valence-corrected chi connectivity index (χ0v) is 21.1. The molecule has 0 atom stereocenters. The van der Waals surface area contributed by atoms with Crippen LogP contribution in [0.15, 0.2) is 64.2 Å². The molecule has 0 fully saturated rings. The Morgan fingerprint density at radius 2 is 1.82 bits per heavy atom. The minimum atomic E-state index is -0.511. The lowest BCUT2D eigenvalue weighted by molar-refractivity contribution is -0.123. The van der Waals surface area contributed by atoms with Crippen molar-refractivity contribution in [1.29, 1.82) is 0 Å². The number of hydrogen-bond acceptors (Lipinski definition) is 6. The minimum Gasteiger partial charge on any atom is -0.493 e. The summed E-state index contributed by atoms with van der Waals surface area (Å²) in [6, 6.07) is 15.5. The quantitative estimate of drug-likeness (QED) is 0.175. The lowest BCUT2D eigenvalue weighted by Crippen LogP contribution is -2.24. The first kappa shape index (κ1) is 25.3. The van der Waals surface area contributed by atoms with E-state index >= 15 is 0 Å². The highest BCUT2D eigenvalue weighted by Crippen LogP contribution is 2.36. The molecule has 0 unspecified atom stereocenters. The Morgan fingerprint density at radius 1 is 1.09 bits per heavy atom. The number of nitrogens with one attached hydrogen (secondary N) is 1. The third kappa shape index (κ3) is 6.82. The van der Waals surface area contributed by atoms with Crippen molar-refractivity contribution in [1.82, 2.24) is 5.43 Å². The van der Waals surface area contributed by atoms with Gasteiger partial charge in [-0.25, -0.2) is 10.2 Å². The first-order valence-electron chi connectivity index (χ1n) is 10.1. The average Bonchev–Trinajstić information content (AvgIpc) is 2.81. The molecule has 7 nitrogen and oxygen atoms in total. The molecule has 1 N–H and O–H groups in total. The van der Waals surface area contributed by atoms with E-state index in [0.29, 0.717) is 32.1 Å². The lowest BCUT2D eigenvalue weighted by atomic mass is 10.1. The summed E-state index contributed by atoms with van der Waals surface area (Å²) in [6.07, 6.45) is 1.43. The standard InChI is InChI=1S/C25H22BrClN2O5/c1-15-4-6-18(7-5-15)25(31)34-24-20(26)11-17(12-22(24)32-3)13-28-29-23(30)14-33-19-8-9-21(27)16(2)10-19/h4-13H,14H2,1-3H3,(H,29,30)/b28-13-. The van der Waals surface area contributed by atoms with E-state index in [-0.39, 0.29) is 12.4 Å². The Bertz CT molecular complexity index is 1230. The topological polar surface area (TPSA) is 86.2 Å². The minimum absolute atomic E-state index is 0.209. The molecule has 0 aliphatic carbocycles. The fraction of sp³-hybridized carbons (Fsp3) is 0.160. The van der Waals surface area contributed by atoms with Gasteiger partial charge in [-0.15, -0.1) is 0 Å². The largest absolute Gasteiger partial charge is 0.493 e. The normalized spacial score (nSPS) is 10.7. The van der Waals surface area contributed by atoms with Gasteiger partial charge in [0.05, 0.1) is 23.4 Å². The van der Waals surface area contributed by atoms with Crippen molar-refractivity contribution in [3.8, 4) is 17.2 Å². The van der Waals surface area contributed by atoms with E-state index in [1.54, 1.807) is 42.5 Å². The highest BCUT2D eigenvalue weighted by atomic mass is 79.9. The number of carbonyl (C=O) groups excluding carboxylic acids is 2. The molecule has 0 saturated heterocycles. The predicted octanol–water partition coefficient (Wildman–Crippen LogP) is 5.48. The number of rotatable bonds is 8. The summed E-state index contributed by atoms with van der Waals surface area (Å²) >= 11 is 9.38. The number of aryl methyl sites for hydroxylation is 2. The molecule has 0 aliphatic heterocycles. The van der Waals surface area contributed by atoms with Gasteiger partial charge in [0, 0.05) is 5.02 Å². The van der Waals surface area contributed by atoms with Crippen LogP contribution in [0.5, 0.6) is 17.2 Å². The number of amides is 1. The van der Waals surface area contributed by atoms with Gasteiger partial charge in [0.25, 0.3) is 5.91 Å². The van der Waals surface area contributed by atoms with Crippen molar-refractivity contribution >= 4 is 45.6 Å². The van der Waals surface area contributed by atoms with Crippen LogP contribution in [0.4, 0.5) is 0 Å². The number of nitrogens with zero attached hydrogens (tertiary/aromatic N) is 1. The summed E-state index contributed by atoms with van der Waals surface area (Å²) in [5, 5.41) is 4.56. The van der Waals surface area contributed by atoms with E-state index in [1.807, 2.05) is 26.0 Å². The van der Waals surface area contributed by atoms with Gasteiger partial charge in [-0.1, -0.05) is 29.3 Å². The number of esters is 1. The molecule has 0 saturated carbocycles. The monoisotopic (exact) mass is 544 g/mol. The Balaban J connectivity index is 1.61. The molecule has 9 heteroatoms. The number of ether oxygens (including phenoxy) is 3. The maximum atomic E-state index is 12.5. The molecule has 3 rings (SSSR count). The van der Waals surface area contributed by atoms with E-state index < -0.39 is 11.9 Å². The molecular weight excluding hydrogens is 524 g/mol. The Kier molecular flexibility index (Phi) is 8.67. The molecule has 1 amide bonds. The second-order valence-electron chi connectivity index (χ2n) is 7.28. The summed E-state index contributed by atoms with van der Waals surface area (Å²) < 4.78 is 16.8. The van der Waals surface area contributed by atoms with Crippen molar-refractivity contribution in [2.24, 2.45) is 5.10 Å². The number of benzene rings is 3. The number of hydrazone groups is 1. The van der Waals surface area contributed by atoms with Gasteiger partial charge in [0.1, 0.15) is 5.75 Å². The summed E-state index contributed by atoms with van der Waals surface area (Å²) in [5.41, 5.74) is 5.31. The van der Waals surface area contributed by atoms with E-state index in [9.17, 15) is 9.59 Å². The SMILES string of the molecule is COc1cc(/C=N\NC(=O)COc2ccc(Cl)c(C)c2)cc(Br)c1OC(=O)c1ccc(C)cc1. The molecule has 176 valence electrons. The Labute approximate surface area is 210 Å². The first-order chi connectivity index (χ1) is 16.3. The van der Waals surface area contributed by atoms with Gasteiger partial charge in [-0.2, -0.15) is 5.10 Å². The maximum absolute atomic E-state index is 12.5. The predicted molar refractivity (Wildman–Crippen MR) is 134 cm³/mol. The average molecular weight is 546 g/mol. The van der Waals surface area contributed by atoms with Crippen LogP contribution in [0.3, 0.4) is 0 Å². The van der Waals surface area contributed by atoms with Crippen LogP contribution in [0, 0.1) is 13.8 Å². The highest BCUT2D eigenvalue weighted by Gasteiger charge is 2.17. The molecule has 0 aliphatic rings. The van der Waals surface area contributed by atoms with E-state index in [0.717, 1.165) is 11.1 Å². The maximum Gasteiger partial charge on any atom is 0.343 e. The van der Waals surface area contributed by atoms with Gasteiger partial charge in [-0.3, -0.25) is 4.79 Å². The molecule has 0 heterocycles. The number of methoxy groups -OCH3 is 1. The smallest absolute Gasteiger partial charge is 0.343 e. The summed E-state index contributed by atoms with van der Waals surface area (Å²) in [5.74, 6) is 0.150. The molecule has 3 aromatic carbocycles. The molecule has 3 aromatic rings. The fourth-order valence-corrected chi connectivity index (χ4v) is 3.48. The third-order valence-corrected chi connectivity index (χ3v) is 5.65. The van der Waals surface area contributed by atoms with Crippen LogP contribution < -0.4 is 19.6 Å². The van der Waals surface area contributed by atoms with Crippen LogP contribution in [-0.2, 0) is 4.79 Å². The van der Waals surface area contributed by atoms with Crippen molar-refractivity contribution in [3.05, 3.63) is 86.3 Å². The fourth-order valence-electron chi connectivity index (χ4n) is 2.82. The number of carbonyl (C=O) groups is 2. The van der Waals surface area contributed by atoms with E-state index in [2.05, 4.69) is 26.5 Å². The number of halogens is 2. The first-order valence-corrected chi connectivity index (χ1v) is 11.3. The van der Waals surface area contributed by atoms with Crippen LogP contribution in [0.1, 0.15) is 27.0 Å². The zero-order chi connectivity index (χ0) is 24.7. The third-order valence-electron chi connectivity index (χ3n) is 4.64. The van der Waals surface area contributed by atoms with Gasteiger partial charge in [-0.05, 0) is 83.4 Å². The molecule has 0 spiro atoms. The van der Waals surface area contributed by atoms with Crippen molar-refractivity contribution in [3.63, 3.8) is 0 Å². The number of hydrogen-bond donors (Lipinski definition) is 1. The molecule has 34 heavy (non-hydrogen) atoms. The van der Waals surface area contributed by atoms with Gasteiger partial charge < -0.3 is 14.2 Å². The van der Waals surface area contributed by atoms with Crippen LogP contribution in [0.2, 0.25) is 5.02 Å². The summed E-state index contributed by atoms with van der Waals surface area (Å²) in [6.45, 7) is 3.57. The van der Waals surface area contributed by atoms with Gasteiger partial charge >= 0.3 is 5.97 Å². The summed E-state index contributed by atoms with van der Waals surface area (Å²) in [7, 11) is 1.46. The van der Waals surface area contributed by atoms with E-state index in [4.69, 9.17) is 25.8 Å². The van der Waals surface area contributed by atoms with Crippen molar-refractivity contribution in [2.45, 2.75) is 13.8 Å². The molecular formula is C25H22BrClN2O5. The second kappa shape index (κ2) is 11.7. The molecule has 0 aromatic heterocycles. The van der Waals surface area contributed by atoms with Crippen molar-refractivity contribution in [2.75, 3.05) is 13.7 Å². The van der Waals surface area contributed by atoms with Crippen LogP contribution in [0.25, 0.3) is 0 Å². The highest BCUT2D eigenvalue weighted by molar-refractivity contribution is 9.10. The second-order valence-corrected chi connectivity index (χ2v) is 8.54. The van der Waals surface area contributed by atoms with Crippen LogP contribution in [-0.4, -0.2) is 31.8 Å².